The lowest BCUT2D eigenvalue weighted by Crippen LogP contribution is -2.44. The summed E-state index contributed by atoms with van der Waals surface area (Å²) < 4.78 is 1.87. The van der Waals surface area contributed by atoms with Gasteiger partial charge in [0, 0.05) is 23.6 Å². The third kappa shape index (κ3) is 3.40. The number of hydrogen-bond acceptors (Lipinski definition) is 5. The van der Waals surface area contributed by atoms with E-state index in [2.05, 4.69) is 29.5 Å². The molecule has 0 radical (unpaired) electrons. The minimum Gasteiger partial charge on any atom is -0.335 e. The number of hydrogen-bond donors (Lipinski definition) is 1. The van der Waals surface area contributed by atoms with Crippen LogP contribution in [0.25, 0.3) is 0 Å². The van der Waals surface area contributed by atoms with Crippen LogP contribution in [0.3, 0.4) is 0 Å². The molecule has 1 N–H and O–H groups in total. The number of piperidine rings is 1. The van der Waals surface area contributed by atoms with Gasteiger partial charge in [0.15, 0.2) is 5.69 Å². The predicted octanol–water partition coefficient (Wildman–Crippen LogP) is 1.17. The summed E-state index contributed by atoms with van der Waals surface area (Å²) in [6.07, 6.45) is 3.92. The summed E-state index contributed by atoms with van der Waals surface area (Å²) in [5.74, 6) is 0.0224. The van der Waals surface area contributed by atoms with Gasteiger partial charge in [0.2, 0.25) is 0 Å². The Labute approximate surface area is 129 Å². The van der Waals surface area contributed by atoms with Gasteiger partial charge < -0.3 is 10.2 Å². The standard InChI is InChI=1S/C14H23N5OS/c1-10-7-18(8-11(2)21-10)14(20)13-9-19(17-16-13)12-3-5-15-6-4-12/h9-12,15H,3-8H2,1-2H3. The van der Waals surface area contributed by atoms with E-state index in [9.17, 15) is 4.79 Å². The molecule has 2 fully saturated rings. The van der Waals surface area contributed by atoms with E-state index in [-0.39, 0.29) is 5.91 Å². The fourth-order valence-corrected chi connectivity index (χ4v) is 4.46. The lowest BCUT2D eigenvalue weighted by molar-refractivity contribution is 0.0747. The largest absolute Gasteiger partial charge is 0.335 e. The van der Waals surface area contributed by atoms with Crippen molar-refractivity contribution in [3.63, 3.8) is 0 Å². The highest BCUT2D eigenvalue weighted by molar-refractivity contribution is 8.00. The van der Waals surface area contributed by atoms with Crippen LogP contribution in [0.5, 0.6) is 0 Å². The number of aromatic nitrogens is 3. The third-order valence-corrected chi connectivity index (χ3v) is 5.35. The second-order valence-corrected chi connectivity index (χ2v) is 7.91. The van der Waals surface area contributed by atoms with Crippen LogP contribution in [0.15, 0.2) is 6.20 Å². The van der Waals surface area contributed by atoms with Crippen molar-refractivity contribution in [2.45, 2.75) is 43.2 Å². The van der Waals surface area contributed by atoms with Crippen LogP contribution in [0.2, 0.25) is 0 Å². The average Bonchev–Trinajstić information content (AvgIpc) is 2.96. The number of carbonyl (C=O) groups is 1. The Morgan fingerprint density at radius 3 is 2.62 bits per heavy atom. The highest BCUT2D eigenvalue weighted by atomic mass is 32.2. The van der Waals surface area contributed by atoms with Crippen molar-refractivity contribution in [2.75, 3.05) is 26.2 Å². The average molecular weight is 309 g/mol. The summed E-state index contributed by atoms with van der Waals surface area (Å²) in [5.41, 5.74) is 0.486. The zero-order valence-electron chi connectivity index (χ0n) is 12.7. The van der Waals surface area contributed by atoms with Gasteiger partial charge in [0.1, 0.15) is 0 Å². The first-order chi connectivity index (χ1) is 10.1. The van der Waals surface area contributed by atoms with Gasteiger partial charge >= 0.3 is 0 Å². The van der Waals surface area contributed by atoms with Crippen molar-refractivity contribution in [1.82, 2.24) is 25.2 Å². The van der Waals surface area contributed by atoms with Crippen LogP contribution in [0, 0.1) is 0 Å². The summed E-state index contributed by atoms with van der Waals surface area (Å²) in [7, 11) is 0. The SMILES string of the molecule is CC1CN(C(=O)c2cn(C3CCNCC3)nn2)CC(C)S1. The lowest BCUT2D eigenvalue weighted by Gasteiger charge is -2.34. The van der Waals surface area contributed by atoms with E-state index >= 15 is 0 Å². The lowest BCUT2D eigenvalue weighted by atomic mass is 10.1. The molecule has 1 aromatic heterocycles. The maximum absolute atomic E-state index is 12.6. The Kier molecular flexibility index (Phi) is 4.49. The van der Waals surface area contributed by atoms with Gasteiger partial charge in [-0.1, -0.05) is 19.1 Å². The van der Waals surface area contributed by atoms with Gasteiger partial charge in [-0.25, -0.2) is 4.68 Å². The van der Waals surface area contributed by atoms with Crippen LogP contribution in [0.4, 0.5) is 0 Å². The molecular weight excluding hydrogens is 286 g/mol. The Balaban J connectivity index is 1.68. The molecule has 2 atom stereocenters. The molecule has 2 saturated heterocycles. The van der Waals surface area contributed by atoms with E-state index in [1.54, 1.807) is 0 Å². The molecule has 0 saturated carbocycles. The molecule has 116 valence electrons. The van der Waals surface area contributed by atoms with Gasteiger partial charge in [0.25, 0.3) is 5.91 Å². The van der Waals surface area contributed by atoms with Crippen molar-refractivity contribution in [1.29, 1.82) is 0 Å². The van der Waals surface area contributed by atoms with Crippen LogP contribution in [0.1, 0.15) is 43.2 Å². The van der Waals surface area contributed by atoms with E-state index < -0.39 is 0 Å². The third-order valence-electron chi connectivity index (χ3n) is 4.12. The van der Waals surface area contributed by atoms with E-state index in [1.807, 2.05) is 27.5 Å². The number of amides is 1. The summed E-state index contributed by atoms with van der Waals surface area (Å²) in [4.78, 5) is 14.5. The number of rotatable bonds is 2. The van der Waals surface area contributed by atoms with Crippen LogP contribution in [-0.4, -0.2) is 62.5 Å². The summed E-state index contributed by atoms with van der Waals surface area (Å²) in [6.45, 7) is 7.96. The topological polar surface area (TPSA) is 63.1 Å². The summed E-state index contributed by atoms with van der Waals surface area (Å²) in [5, 5.41) is 12.6. The Bertz CT molecular complexity index is 489. The molecule has 1 aromatic rings. The fraction of sp³-hybridized carbons (Fsp3) is 0.786. The monoisotopic (exact) mass is 309 g/mol. The molecule has 2 unspecified atom stereocenters. The number of thioether (sulfide) groups is 1. The van der Waals surface area contributed by atoms with Crippen molar-refractivity contribution < 1.29 is 4.79 Å². The van der Waals surface area contributed by atoms with Crippen molar-refractivity contribution in [2.24, 2.45) is 0 Å². The number of carbonyl (C=O) groups excluding carboxylic acids is 1. The van der Waals surface area contributed by atoms with Crippen LogP contribution in [-0.2, 0) is 0 Å². The summed E-state index contributed by atoms with van der Waals surface area (Å²) in [6, 6.07) is 0.370. The maximum Gasteiger partial charge on any atom is 0.276 e. The number of nitrogens with zero attached hydrogens (tertiary/aromatic N) is 4. The first-order valence-electron chi connectivity index (χ1n) is 7.71. The smallest absolute Gasteiger partial charge is 0.276 e. The zero-order valence-corrected chi connectivity index (χ0v) is 13.5. The van der Waals surface area contributed by atoms with E-state index in [1.165, 1.54) is 0 Å². The minimum atomic E-state index is 0.0224. The maximum atomic E-state index is 12.6. The summed E-state index contributed by atoms with van der Waals surface area (Å²) >= 11 is 1.94. The Morgan fingerprint density at radius 1 is 1.29 bits per heavy atom. The molecule has 3 rings (SSSR count). The first kappa shape index (κ1) is 14.8. The molecule has 2 aliphatic heterocycles. The van der Waals surface area contributed by atoms with Crippen LogP contribution >= 0.6 is 11.8 Å². The van der Waals surface area contributed by atoms with Crippen LogP contribution < -0.4 is 5.32 Å². The fourth-order valence-electron chi connectivity index (χ4n) is 3.13. The molecule has 7 heteroatoms. The quantitative estimate of drug-likeness (QED) is 0.888. The van der Waals surface area contributed by atoms with Crippen molar-refractivity contribution >= 4 is 17.7 Å². The molecule has 0 spiro atoms. The molecule has 0 aromatic carbocycles. The predicted molar refractivity (Wildman–Crippen MR) is 83.6 cm³/mol. The molecule has 0 bridgehead atoms. The van der Waals surface area contributed by atoms with E-state index in [0.717, 1.165) is 39.0 Å². The molecule has 3 heterocycles. The molecule has 2 aliphatic rings. The normalized spacial score (nSPS) is 27.8. The van der Waals surface area contributed by atoms with Gasteiger partial charge in [-0.2, -0.15) is 11.8 Å². The van der Waals surface area contributed by atoms with E-state index in [0.29, 0.717) is 22.2 Å². The minimum absolute atomic E-state index is 0.0224. The molecular formula is C14H23N5OS. The molecule has 6 nitrogen and oxygen atoms in total. The van der Waals surface area contributed by atoms with Gasteiger partial charge in [0.05, 0.1) is 12.2 Å². The molecule has 1 amide bonds. The van der Waals surface area contributed by atoms with Crippen molar-refractivity contribution in [3.05, 3.63) is 11.9 Å². The molecule has 0 aliphatic carbocycles. The second kappa shape index (κ2) is 6.36. The Hall–Kier alpha value is -1.08. The second-order valence-electron chi connectivity index (χ2n) is 6.03. The van der Waals surface area contributed by atoms with Crippen molar-refractivity contribution in [3.8, 4) is 0 Å². The van der Waals surface area contributed by atoms with Gasteiger partial charge in [-0.05, 0) is 25.9 Å². The molecule has 21 heavy (non-hydrogen) atoms. The first-order valence-corrected chi connectivity index (χ1v) is 8.65. The van der Waals surface area contributed by atoms with E-state index in [4.69, 9.17) is 0 Å². The number of nitrogens with one attached hydrogen (secondary N) is 1. The highest BCUT2D eigenvalue weighted by Crippen LogP contribution is 2.25. The highest BCUT2D eigenvalue weighted by Gasteiger charge is 2.28. The van der Waals surface area contributed by atoms with Gasteiger partial charge in [-0.15, -0.1) is 5.10 Å². The zero-order chi connectivity index (χ0) is 14.8. The Morgan fingerprint density at radius 2 is 1.95 bits per heavy atom. The van der Waals surface area contributed by atoms with Gasteiger partial charge in [-0.3, -0.25) is 4.79 Å².